The summed E-state index contributed by atoms with van der Waals surface area (Å²) in [5, 5.41) is 22.6. The number of nitrogens with zero attached hydrogens (tertiary/aromatic N) is 1. The van der Waals surface area contributed by atoms with Crippen molar-refractivity contribution in [1.29, 1.82) is 0 Å². The maximum Gasteiger partial charge on any atom is 0.305 e. The fourth-order valence-electron chi connectivity index (χ4n) is 4.82. The molecule has 3 aliphatic rings. The van der Waals surface area contributed by atoms with Gasteiger partial charge >= 0.3 is 5.97 Å². The lowest BCUT2D eigenvalue weighted by atomic mass is 9.78. The molecule has 0 spiro atoms. The van der Waals surface area contributed by atoms with E-state index in [-0.39, 0.29) is 19.4 Å². The van der Waals surface area contributed by atoms with Gasteiger partial charge in [-0.15, -0.1) is 0 Å². The smallest absolute Gasteiger partial charge is 0.305 e. The summed E-state index contributed by atoms with van der Waals surface area (Å²) < 4.78 is 0. The summed E-state index contributed by atoms with van der Waals surface area (Å²) in [4.78, 5) is 79.1. The van der Waals surface area contributed by atoms with Crippen LogP contribution >= 0.6 is 0 Å². The Morgan fingerprint density at radius 2 is 1.76 bits per heavy atom. The molecule has 3 atom stereocenters. The molecule has 6 N–H and O–H groups in total. The molecular formula is C28H38N6O7. The Bertz CT molecular complexity index is 1220. The van der Waals surface area contributed by atoms with Crippen LogP contribution < -0.4 is 26.6 Å². The number of β-lactam (4-membered cyclic amide) rings is 1. The molecule has 1 aromatic carbocycles. The first kappa shape index (κ1) is 31.1. The highest BCUT2D eigenvalue weighted by Gasteiger charge is 2.59. The molecule has 0 aliphatic carbocycles. The third-order valence-electron chi connectivity index (χ3n) is 7.20. The van der Waals surface area contributed by atoms with Gasteiger partial charge in [0.15, 0.2) is 0 Å². The van der Waals surface area contributed by atoms with Gasteiger partial charge < -0.3 is 36.6 Å². The van der Waals surface area contributed by atoms with E-state index in [4.69, 9.17) is 0 Å². The van der Waals surface area contributed by atoms with Crippen LogP contribution in [0.5, 0.6) is 0 Å². The number of allylic oxidation sites excluding steroid dienone is 1. The molecule has 13 nitrogen and oxygen atoms in total. The Kier molecular flexibility index (Phi) is 9.74. The fraction of sp³-hybridized carbons (Fsp3) is 0.500. The molecule has 0 saturated carbocycles. The maximum absolute atomic E-state index is 13.8. The summed E-state index contributed by atoms with van der Waals surface area (Å²) >= 11 is 0. The van der Waals surface area contributed by atoms with Gasteiger partial charge in [0.25, 0.3) is 5.91 Å². The van der Waals surface area contributed by atoms with E-state index in [1.165, 1.54) is 4.90 Å². The molecule has 222 valence electrons. The summed E-state index contributed by atoms with van der Waals surface area (Å²) in [6, 6.07) is 6.40. The highest BCUT2D eigenvalue weighted by Crippen LogP contribution is 2.34. The van der Waals surface area contributed by atoms with Crippen LogP contribution in [0.25, 0.3) is 0 Å². The summed E-state index contributed by atoms with van der Waals surface area (Å²) in [6.07, 6.45) is 0.0520. The zero-order chi connectivity index (χ0) is 30.4. The SMILES string of the molecule is C=C(C)NCCC[C@@H]1NC(=O)C(C)(C)N2C[C@](Cc3ccccc3)(NC(=O)[C@H](CC(=O)O)NC(=O)CNC1=O)C2=O. The van der Waals surface area contributed by atoms with Crippen LogP contribution in [0, 0.1) is 0 Å². The molecule has 2 bridgehead atoms. The van der Waals surface area contributed by atoms with Gasteiger partial charge in [0, 0.05) is 18.7 Å². The number of carboxylic acids is 1. The summed E-state index contributed by atoms with van der Waals surface area (Å²) in [6.45, 7) is 8.53. The number of nitrogens with one attached hydrogen (secondary N) is 5. The van der Waals surface area contributed by atoms with Gasteiger partial charge in [0.1, 0.15) is 23.2 Å². The predicted molar refractivity (Wildman–Crippen MR) is 148 cm³/mol. The quantitative estimate of drug-likeness (QED) is 0.126. The zero-order valence-electron chi connectivity index (χ0n) is 23.5. The monoisotopic (exact) mass is 570 g/mol. The first-order valence-electron chi connectivity index (χ1n) is 13.4. The number of fused-ring (bicyclic) bond motifs is 11. The number of carboxylic acid groups (broad SMARTS) is 1. The number of aliphatic carboxylic acids is 1. The normalized spacial score (nSPS) is 24.9. The van der Waals surface area contributed by atoms with Crippen LogP contribution in [0.15, 0.2) is 42.6 Å². The minimum Gasteiger partial charge on any atom is -0.481 e. The van der Waals surface area contributed by atoms with Crippen molar-refractivity contribution in [3.05, 3.63) is 48.2 Å². The van der Waals surface area contributed by atoms with Crippen molar-refractivity contribution in [2.24, 2.45) is 0 Å². The van der Waals surface area contributed by atoms with Gasteiger partial charge in [-0.25, -0.2) is 0 Å². The fourth-order valence-corrected chi connectivity index (χ4v) is 4.82. The average molecular weight is 571 g/mol. The van der Waals surface area contributed by atoms with Gasteiger partial charge in [-0.1, -0.05) is 36.9 Å². The molecule has 0 unspecified atom stereocenters. The zero-order valence-corrected chi connectivity index (χ0v) is 23.5. The van der Waals surface area contributed by atoms with Crippen molar-refractivity contribution >= 4 is 35.5 Å². The Hall–Kier alpha value is -4.42. The Morgan fingerprint density at radius 3 is 2.37 bits per heavy atom. The van der Waals surface area contributed by atoms with Gasteiger partial charge in [-0.2, -0.15) is 0 Å². The third-order valence-corrected chi connectivity index (χ3v) is 7.20. The first-order valence-corrected chi connectivity index (χ1v) is 13.4. The highest BCUT2D eigenvalue weighted by atomic mass is 16.4. The Morgan fingerprint density at radius 1 is 1.07 bits per heavy atom. The second kappa shape index (κ2) is 12.8. The van der Waals surface area contributed by atoms with Crippen molar-refractivity contribution in [3.8, 4) is 0 Å². The van der Waals surface area contributed by atoms with Gasteiger partial charge in [0.2, 0.25) is 23.6 Å². The molecule has 1 aromatic rings. The molecule has 3 heterocycles. The number of amides is 5. The second-order valence-corrected chi connectivity index (χ2v) is 11.0. The largest absolute Gasteiger partial charge is 0.481 e. The highest BCUT2D eigenvalue weighted by molar-refractivity contribution is 6.03. The molecule has 0 radical (unpaired) electrons. The summed E-state index contributed by atoms with van der Waals surface area (Å²) in [5.74, 6) is -4.77. The molecule has 41 heavy (non-hydrogen) atoms. The molecule has 13 heteroatoms. The second-order valence-electron chi connectivity index (χ2n) is 11.0. The molecule has 4 rings (SSSR count). The lowest BCUT2D eigenvalue weighted by Gasteiger charge is -2.55. The van der Waals surface area contributed by atoms with Crippen LogP contribution in [-0.2, 0) is 35.2 Å². The molecule has 3 fully saturated rings. The molecule has 3 aliphatic heterocycles. The van der Waals surface area contributed by atoms with E-state index in [1.54, 1.807) is 51.1 Å². The van der Waals surface area contributed by atoms with E-state index in [2.05, 4.69) is 33.2 Å². The van der Waals surface area contributed by atoms with Crippen molar-refractivity contribution in [1.82, 2.24) is 31.5 Å². The number of hydrogen-bond donors (Lipinski definition) is 6. The number of carbonyl (C=O) groups is 6. The summed E-state index contributed by atoms with van der Waals surface area (Å²) in [7, 11) is 0. The van der Waals surface area contributed by atoms with Crippen molar-refractivity contribution in [3.63, 3.8) is 0 Å². The predicted octanol–water partition coefficient (Wildman–Crippen LogP) is -0.818. The van der Waals surface area contributed by atoms with E-state index >= 15 is 0 Å². The lowest BCUT2D eigenvalue weighted by Crippen LogP contribution is -2.81. The van der Waals surface area contributed by atoms with Gasteiger partial charge in [-0.05, 0) is 39.2 Å². The number of carbonyl (C=O) groups excluding carboxylic acids is 5. The number of benzene rings is 1. The topological polar surface area (TPSA) is 186 Å². The minimum atomic E-state index is -1.51. The van der Waals surface area contributed by atoms with Crippen molar-refractivity contribution in [2.75, 3.05) is 19.6 Å². The van der Waals surface area contributed by atoms with E-state index in [0.29, 0.717) is 13.0 Å². The first-order chi connectivity index (χ1) is 19.2. The van der Waals surface area contributed by atoms with Crippen molar-refractivity contribution in [2.45, 2.75) is 69.6 Å². The standard InChI is InChI=1S/C28H38N6O7/c1-17(2)29-12-8-11-19-23(38)30-15-21(35)31-20(13-22(36)37)24(39)33-28(14-18-9-6-5-7-10-18)16-34(26(28)41)27(3,4)25(40)32-19/h5-7,9-10,19-20,29H,1,8,11-16H2,2-4H3,(H,30,38)(H,31,35)(H,32,40)(H,33,39)(H,36,37)/t19-,20-,28-/m0/s1. The van der Waals surface area contributed by atoms with Crippen LogP contribution in [0.4, 0.5) is 0 Å². The number of hydrogen-bond acceptors (Lipinski definition) is 7. The third kappa shape index (κ3) is 7.62. The molecule has 3 saturated heterocycles. The van der Waals surface area contributed by atoms with Crippen molar-refractivity contribution < 1.29 is 33.9 Å². The molecule has 5 amide bonds. The Balaban J connectivity index is 1.95. The summed E-state index contributed by atoms with van der Waals surface area (Å²) in [5.41, 5.74) is -1.39. The van der Waals surface area contributed by atoms with Gasteiger partial charge in [-0.3, -0.25) is 28.8 Å². The van der Waals surface area contributed by atoms with Crippen LogP contribution in [-0.4, -0.2) is 88.3 Å². The van der Waals surface area contributed by atoms with E-state index in [9.17, 15) is 33.9 Å². The van der Waals surface area contributed by atoms with E-state index < -0.39 is 71.6 Å². The van der Waals surface area contributed by atoms with Crippen LogP contribution in [0.1, 0.15) is 45.6 Å². The maximum atomic E-state index is 13.8. The Labute approximate surface area is 238 Å². The van der Waals surface area contributed by atoms with Gasteiger partial charge in [0.05, 0.1) is 19.5 Å². The molecular weight excluding hydrogens is 532 g/mol. The molecule has 0 aromatic heterocycles. The minimum absolute atomic E-state index is 0.0555. The average Bonchev–Trinajstić information content (AvgIpc) is 2.90. The van der Waals surface area contributed by atoms with Crippen LogP contribution in [0.3, 0.4) is 0 Å². The van der Waals surface area contributed by atoms with Crippen LogP contribution in [0.2, 0.25) is 0 Å². The number of rotatable bonds is 9. The lowest BCUT2D eigenvalue weighted by molar-refractivity contribution is -0.169. The van der Waals surface area contributed by atoms with E-state index in [0.717, 1.165) is 11.3 Å². The van der Waals surface area contributed by atoms with E-state index in [1.807, 2.05) is 0 Å².